The van der Waals surface area contributed by atoms with Gasteiger partial charge in [0.05, 0.1) is 22.9 Å². The molecule has 1 aromatic carbocycles. The Kier molecular flexibility index (Phi) is 5.89. The third-order valence-corrected chi connectivity index (χ3v) is 7.14. The first-order chi connectivity index (χ1) is 12.5. The molecule has 0 saturated carbocycles. The molecule has 2 N–H and O–H groups in total. The van der Waals surface area contributed by atoms with Crippen molar-refractivity contribution in [1.29, 1.82) is 0 Å². The van der Waals surface area contributed by atoms with Gasteiger partial charge in [0.1, 0.15) is 0 Å². The number of amides is 1. The molecule has 1 aliphatic rings. The average Bonchev–Trinajstić information content (AvgIpc) is 3.33. The SMILES string of the molecule is O=C([C@@H]1C[C@@H](S(=O)(=O)CS)CN1)N(Cc1ccccc1)Cc1nn[nH]n1. The van der Waals surface area contributed by atoms with Crippen LogP contribution >= 0.6 is 12.6 Å². The lowest BCUT2D eigenvalue weighted by Gasteiger charge is -2.24. The number of sulfone groups is 1. The summed E-state index contributed by atoms with van der Waals surface area (Å²) in [5, 5.41) is 15.9. The predicted molar refractivity (Wildman–Crippen MR) is 97.8 cm³/mol. The molecule has 2 atom stereocenters. The van der Waals surface area contributed by atoms with Crippen LogP contribution in [0.5, 0.6) is 0 Å². The Morgan fingerprint density at radius 1 is 1.27 bits per heavy atom. The number of carbonyl (C=O) groups excluding carboxylic acids is 1. The van der Waals surface area contributed by atoms with Crippen molar-refractivity contribution < 1.29 is 13.2 Å². The molecule has 1 aromatic heterocycles. The van der Waals surface area contributed by atoms with E-state index in [0.717, 1.165) is 5.56 Å². The van der Waals surface area contributed by atoms with Crippen LogP contribution in [-0.4, -0.2) is 62.8 Å². The molecule has 1 fully saturated rings. The van der Waals surface area contributed by atoms with Gasteiger partial charge in [0, 0.05) is 13.1 Å². The van der Waals surface area contributed by atoms with Crippen LogP contribution in [0.15, 0.2) is 30.3 Å². The minimum atomic E-state index is -3.31. The van der Waals surface area contributed by atoms with Gasteiger partial charge in [-0.05, 0) is 12.0 Å². The number of carbonyl (C=O) groups is 1. The number of H-pyrrole nitrogens is 1. The molecule has 11 heteroatoms. The highest BCUT2D eigenvalue weighted by molar-refractivity contribution is 8.04. The molecule has 9 nitrogen and oxygen atoms in total. The average molecular weight is 396 g/mol. The maximum Gasteiger partial charge on any atom is 0.240 e. The zero-order valence-corrected chi connectivity index (χ0v) is 15.7. The standard InChI is InChI=1S/C15H20N6O3S2/c22-15(13-6-12(7-16-13)26(23,24)10-25)21(9-14-17-19-20-18-14)8-11-4-2-1-3-5-11/h1-5,12-13,16,25H,6-10H2,(H,17,18,19,20)/t12-,13+/m1/s1. The molecule has 26 heavy (non-hydrogen) atoms. The first kappa shape index (κ1) is 18.8. The van der Waals surface area contributed by atoms with E-state index in [1.807, 2.05) is 30.3 Å². The van der Waals surface area contributed by atoms with Gasteiger partial charge in [-0.2, -0.15) is 17.8 Å². The predicted octanol–water partition coefficient (Wildman–Crippen LogP) is -0.239. The molecular formula is C15H20N6O3S2. The monoisotopic (exact) mass is 396 g/mol. The number of aromatic nitrogens is 4. The third kappa shape index (κ3) is 4.40. The van der Waals surface area contributed by atoms with E-state index < -0.39 is 21.1 Å². The number of nitrogens with zero attached hydrogens (tertiary/aromatic N) is 4. The number of tetrazole rings is 1. The Morgan fingerprint density at radius 2 is 2.04 bits per heavy atom. The van der Waals surface area contributed by atoms with E-state index in [1.54, 1.807) is 4.90 Å². The van der Waals surface area contributed by atoms with Gasteiger partial charge >= 0.3 is 0 Å². The quantitative estimate of drug-likeness (QED) is 0.552. The summed E-state index contributed by atoms with van der Waals surface area (Å²) in [6.45, 7) is 0.809. The van der Waals surface area contributed by atoms with Gasteiger partial charge in [-0.25, -0.2) is 8.42 Å². The molecule has 1 amide bonds. The maximum atomic E-state index is 13.0. The van der Waals surface area contributed by atoms with E-state index in [9.17, 15) is 13.2 Å². The molecule has 2 aromatic rings. The van der Waals surface area contributed by atoms with E-state index in [2.05, 4.69) is 38.6 Å². The Labute approximate surface area is 156 Å². The number of nitrogens with one attached hydrogen (secondary N) is 2. The van der Waals surface area contributed by atoms with Crippen molar-refractivity contribution in [3.8, 4) is 0 Å². The maximum absolute atomic E-state index is 13.0. The minimum Gasteiger partial charge on any atom is -0.329 e. The third-order valence-electron chi connectivity index (χ3n) is 4.33. The van der Waals surface area contributed by atoms with Gasteiger partial charge in [-0.3, -0.25) is 4.79 Å². The molecule has 0 aliphatic carbocycles. The molecular weight excluding hydrogens is 376 g/mol. The summed E-state index contributed by atoms with van der Waals surface area (Å²) in [4.78, 5) is 14.6. The summed E-state index contributed by atoms with van der Waals surface area (Å²) in [7, 11) is -3.31. The van der Waals surface area contributed by atoms with Crippen molar-refractivity contribution >= 4 is 28.4 Å². The summed E-state index contributed by atoms with van der Waals surface area (Å²) in [6.07, 6.45) is 0.235. The Hall–Kier alpha value is -1.98. The van der Waals surface area contributed by atoms with Crippen molar-refractivity contribution in [3.05, 3.63) is 41.7 Å². The molecule has 0 spiro atoms. The Balaban J connectivity index is 1.74. The van der Waals surface area contributed by atoms with Gasteiger partial charge in [-0.1, -0.05) is 35.5 Å². The second kappa shape index (κ2) is 8.14. The fourth-order valence-corrected chi connectivity index (χ4v) is 4.61. The van der Waals surface area contributed by atoms with Gasteiger partial charge in [-0.15, -0.1) is 10.2 Å². The normalized spacial score (nSPS) is 20.2. The van der Waals surface area contributed by atoms with Crippen LogP contribution in [0.2, 0.25) is 0 Å². The lowest BCUT2D eigenvalue weighted by Crippen LogP contribution is -2.43. The van der Waals surface area contributed by atoms with Crippen LogP contribution < -0.4 is 5.32 Å². The van der Waals surface area contributed by atoms with Crippen LogP contribution in [0.3, 0.4) is 0 Å². The smallest absolute Gasteiger partial charge is 0.240 e. The van der Waals surface area contributed by atoms with Crippen LogP contribution in [0.1, 0.15) is 17.8 Å². The van der Waals surface area contributed by atoms with E-state index in [0.29, 0.717) is 12.4 Å². The lowest BCUT2D eigenvalue weighted by molar-refractivity contribution is -0.134. The zero-order chi connectivity index (χ0) is 18.6. The molecule has 0 bridgehead atoms. The number of aromatic amines is 1. The molecule has 0 radical (unpaired) electrons. The van der Waals surface area contributed by atoms with Crippen molar-refractivity contribution in [1.82, 2.24) is 30.8 Å². The van der Waals surface area contributed by atoms with Crippen LogP contribution in [-0.2, 0) is 27.7 Å². The molecule has 1 saturated heterocycles. The van der Waals surface area contributed by atoms with Gasteiger partial charge in [0.25, 0.3) is 0 Å². The topological polar surface area (TPSA) is 121 Å². The first-order valence-electron chi connectivity index (χ1n) is 8.10. The summed E-state index contributed by atoms with van der Waals surface area (Å²) >= 11 is 3.89. The minimum absolute atomic E-state index is 0.185. The highest BCUT2D eigenvalue weighted by Gasteiger charge is 2.38. The number of hydrogen-bond donors (Lipinski definition) is 3. The van der Waals surface area contributed by atoms with Crippen LogP contribution in [0.4, 0.5) is 0 Å². The van der Waals surface area contributed by atoms with Gasteiger partial charge < -0.3 is 10.2 Å². The largest absolute Gasteiger partial charge is 0.329 e. The second-order valence-electron chi connectivity index (χ2n) is 6.12. The van der Waals surface area contributed by atoms with Crippen molar-refractivity contribution in [2.75, 3.05) is 11.6 Å². The van der Waals surface area contributed by atoms with E-state index in [-0.39, 0.29) is 30.5 Å². The molecule has 140 valence electrons. The number of hydrogen-bond acceptors (Lipinski definition) is 8. The first-order valence-corrected chi connectivity index (χ1v) is 10.4. The molecule has 1 aliphatic heterocycles. The van der Waals surface area contributed by atoms with Gasteiger partial charge in [0.15, 0.2) is 15.7 Å². The fourth-order valence-electron chi connectivity index (χ4n) is 2.93. The van der Waals surface area contributed by atoms with Gasteiger partial charge in [0.2, 0.25) is 5.91 Å². The highest BCUT2D eigenvalue weighted by atomic mass is 32.2. The number of thiol groups is 1. The molecule has 0 unspecified atom stereocenters. The van der Waals surface area contributed by atoms with E-state index in [1.165, 1.54) is 0 Å². The summed E-state index contributed by atoms with van der Waals surface area (Å²) in [5.41, 5.74) is 0.960. The summed E-state index contributed by atoms with van der Waals surface area (Å²) in [5.74, 6) is 0.210. The second-order valence-corrected chi connectivity index (χ2v) is 9.14. The van der Waals surface area contributed by atoms with Crippen molar-refractivity contribution in [2.24, 2.45) is 0 Å². The molecule has 2 heterocycles. The summed E-state index contributed by atoms with van der Waals surface area (Å²) < 4.78 is 24.0. The van der Waals surface area contributed by atoms with Crippen LogP contribution in [0.25, 0.3) is 0 Å². The highest BCUT2D eigenvalue weighted by Crippen LogP contribution is 2.20. The van der Waals surface area contributed by atoms with E-state index in [4.69, 9.17) is 0 Å². The number of benzene rings is 1. The lowest BCUT2D eigenvalue weighted by atomic mass is 10.1. The Bertz CT molecular complexity index is 828. The number of rotatable bonds is 7. The van der Waals surface area contributed by atoms with Crippen molar-refractivity contribution in [2.45, 2.75) is 30.8 Å². The van der Waals surface area contributed by atoms with E-state index >= 15 is 0 Å². The summed E-state index contributed by atoms with van der Waals surface area (Å²) in [6, 6.07) is 8.98. The fraction of sp³-hybridized carbons (Fsp3) is 0.467. The Morgan fingerprint density at radius 3 is 2.69 bits per heavy atom. The molecule has 3 rings (SSSR count). The van der Waals surface area contributed by atoms with Crippen molar-refractivity contribution in [3.63, 3.8) is 0 Å². The van der Waals surface area contributed by atoms with Crippen LogP contribution in [0, 0.1) is 0 Å². The zero-order valence-electron chi connectivity index (χ0n) is 13.9.